The molecular weight excluding hydrogens is 342 g/mol. The molecule has 5 heteroatoms. The van der Waals surface area contributed by atoms with E-state index >= 15 is 0 Å². The second-order valence-corrected chi connectivity index (χ2v) is 5.94. The largest absolute Gasteiger partial charge is 0.424 e. The zero-order chi connectivity index (χ0) is 18.7. The van der Waals surface area contributed by atoms with Gasteiger partial charge in [-0.25, -0.2) is 9.79 Å². The molecule has 1 unspecified atom stereocenters. The van der Waals surface area contributed by atoms with Gasteiger partial charge < -0.3 is 9.47 Å². The molecule has 0 aromatic heterocycles. The normalized spacial score (nSPS) is 17.9. The molecule has 1 atom stereocenters. The number of carbonyl (C=O) groups excluding carboxylic acids is 2. The van der Waals surface area contributed by atoms with E-state index in [4.69, 9.17) is 9.47 Å². The van der Waals surface area contributed by atoms with Crippen molar-refractivity contribution in [2.45, 2.75) is 5.79 Å². The molecule has 0 saturated carbocycles. The summed E-state index contributed by atoms with van der Waals surface area (Å²) >= 11 is 0. The van der Waals surface area contributed by atoms with E-state index in [0.29, 0.717) is 28.7 Å². The van der Waals surface area contributed by atoms with Crippen LogP contribution in [0.2, 0.25) is 0 Å². The maximum Gasteiger partial charge on any atom is 0.342 e. The number of benzene rings is 3. The highest BCUT2D eigenvalue weighted by atomic mass is 16.7. The molecule has 0 aliphatic carbocycles. The summed E-state index contributed by atoms with van der Waals surface area (Å²) < 4.78 is 11.4. The number of rotatable bonds is 4. The highest BCUT2D eigenvalue weighted by molar-refractivity contribution is 6.00. The smallest absolute Gasteiger partial charge is 0.342 e. The lowest BCUT2D eigenvalue weighted by molar-refractivity contribution is -0.169. The van der Waals surface area contributed by atoms with Crippen molar-refractivity contribution in [1.82, 2.24) is 0 Å². The van der Waals surface area contributed by atoms with Crippen LogP contribution in [0.1, 0.15) is 21.5 Å². The first-order chi connectivity index (χ1) is 13.2. The number of para-hydroxylation sites is 1. The van der Waals surface area contributed by atoms with Gasteiger partial charge >= 0.3 is 11.8 Å². The van der Waals surface area contributed by atoms with E-state index in [1.807, 2.05) is 18.2 Å². The highest BCUT2D eigenvalue weighted by Gasteiger charge is 2.45. The van der Waals surface area contributed by atoms with Gasteiger partial charge in [0.2, 0.25) is 12.2 Å². The van der Waals surface area contributed by atoms with Crippen molar-refractivity contribution < 1.29 is 19.1 Å². The van der Waals surface area contributed by atoms with Crippen LogP contribution in [0.15, 0.2) is 89.9 Å². The molecule has 5 nitrogen and oxygen atoms in total. The van der Waals surface area contributed by atoms with Crippen LogP contribution >= 0.6 is 0 Å². The summed E-state index contributed by atoms with van der Waals surface area (Å²) in [6, 6.07) is 24.5. The fraction of sp³-hybridized carbons (Fsp3) is 0.0455. The van der Waals surface area contributed by atoms with Crippen molar-refractivity contribution >= 4 is 23.8 Å². The van der Waals surface area contributed by atoms with Crippen LogP contribution in [0, 0.1) is 0 Å². The second kappa shape index (κ2) is 6.88. The summed E-state index contributed by atoms with van der Waals surface area (Å²) in [5.41, 5.74) is 1.89. The van der Waals surface area contributed by atoms with Crippen LogP contribution in [0.5, 0.6) is 0 Å². The van der Waals surface area contributed by atoms with Gasteiger partial charge in [0.1, 0.15) is 0 Å². The Morgan fingerprint density at radius 2 is 1.52 bits per heavy atom. The standard InChI is InChI=1S/C22H15NO4/c24-15-22(27-21(25)17-11-5-2-6-12-17)18-13-7-8-14-19(18)23-20(26-22)16-9-3-1-4-10-16/h1-15H. The summed E-state index contributed by atoms with van der Waals surface area (Å²) in [7, 11) is 0. The number of hydrogen-bond acceptors (Lipinski definition) is 5. The SMILES string of the molecule is O=CC1(OC(=O)c2ccccc2)OC(c2ccccc2)=Nc2ccccc21. The lowest BCUT2D eigenvalue weighted by Crippen LogP contribution is -2.41. The molecule has 27 heavy (non-hydrogen) atoms. The van der Waals surface area contributed by atoms with Crippen LogP contribution in [0.4, 0.5) is 5.69 Å². The quantitative estimate of drug-likeness (QED) is 0.523. The minimum atomic E-state index is -1.91. The number of aldehydes is 1. The first-order valence-corrected chi connectivity index (χ1v) is 8.39. The molecule has 1 aliphatic rings. The summed E-state index contributed by atoms with van der Waals surface area (Å²) in [5, 5.41) is 0. The van der Waals surface area contributed by atoms with Gasteiger partial charge in [-0.1, -0.05) is 48.5 Å². The number of ether oxygens (including phenoxy) is 2. The van der Waals surface area contributed by atoms with Gasteiger partial charge in [-0.3, -0.25) is 4.79 Å². The number of carbonyl (C=O) groups is 2. The van der Waals surface area contributed by atoms with E-state index < -0.39 is 11.8 Å². The minimum Gasteiger partial charge on any atom is -0.424 e. The van der Waals surface area contributed by atoms with Crippen LogP contribution < -0.4 is 0 Å². The third-order valence-electron chi connectivity index (χ3n) is 4.18. The maximum atomic E-state index is 12.6. The topological polar surface area (TPSA) is 65.0 Å². The molecule has 0 saturated heterocycles. The number of aliphatic imine (C=N–C) groups is 1. The van der Waals surface area contributed by atoms with Gasteiger partial charge in [0.25, 0.3) is 0 Å². The van der Waals surface area contributed by atoms with E-state index in [0.717, 1.165) is 0 Å². The van der Waals surface area contributed by atoms with Gasteiger partial charge in [-0.2, -0.15) is 0 Å². The van der Waals surface area contributed by atoms with Crippen molar-refractivity contribution in [2.75, 3.05) is 0 Å². The molecule has 0 N–H and O–H groups in total. The average Bonchev–Trinajstić information content (AvgIpc) is 2.75. The van der Waals surface area contributed by atoms with Gasteiger partial charge in [0.15, 0.2) is 0 Å². The summed E-state index contributed by atoms with van der Waals surface area (Å²) in [5.74, 6) is -2.36. The minimum absolute atomic E-state index is 0.210. The average molecular weight is 357 g/mol. The Kier molecular flexibility index (Phi) is 4.26. The van der Waals surface area contributed by atoms with Crippen molar-refractivity contribution in [3.05, 3.63) is 102 Å². The van der Waals surface area contributed by atoms with Crippen molar-refractivity contribution in [1.29, 1.82) is 0 Å². The Morgan fingerprint density at radius 1 is 0.889 bits per heavy atom. The third kappa shape index (κ3) is 3.11. The predicted octanol–water partition coefficient (Wildman–Crippen LogP) is 4.00. The zero-order valence-electron chi connectivity index (χ0n) is 14.2. The Bertz CT molecular complexity index is 1010. The molecule has 0 amide bonds. The molecule has 0 spiro atoms. The van der Waals surface area contributed by atoms with Crippen molar-refractivity contribution in [3.8, 4) is 0 Å². The van der Waals surface area contributed by atoms with E-state index in [9.17, 15) is 9.59 Å². The number of hydrogen-bond donors (Lipinski definition) is 0. The van der Waals surface area contributed by atoms with Crippen LogP contribution in [0.3, 0.4) is 0 Å². The zero-order valence-corrected chi connectivity index (χ0v) is 14.2. The van der Waals surface area contributed by atoms with Crippen LogP contribution in [-0.4, -0.2) is 18.2 Å². The van der Waals surface area contributed by atoms with E-state index in [2.05, 4.69) is 4.99 Å². The fourth-order valence-corrected chi connectivity index (χ4v) is 2.86. The summed E-state index contributed by atoms with van der Waals surface area (Å²) in [6.07, 6.45) is 0.490. The Morgan fingerprint density at radius 3 is 2.22 bits per heavy atom. The molecule has 0 bridgehead atoms. The van der Waals surface area contributed by atoms with Gasteiger partial charge in [0, 0.05) is 5.56 Å². The Hall–Kier alpha value is -3.73. The molecule has 4 rings (SSSR count). The molecule has 3 aromatic rings. The molecule has 132 valence electrons. The molecule has 0 fully saturated rings. The fourth-order valence-electron chi connectivity index (χ4n) is 2.86. The summed E-state index contributed by atoms with van der Waals surface area (Å²) in [4.78, 5) is 29.2. The monoisotopic (exact) mass is 357 g/mol. The number of esters is 1. The van der Waals surface area contributed by atoms with Gasteiger partial charge in [-0.15, -0.1) is 0 Å². The number of fused-ring (bicyclic) bond motifs is 1. The lowest BCUT2D eigenvalue weighted by Gasteiger charge is -2.33. The van der Waals surface area contributed by atoms with Crippen LogP contribution in [0.25, 0.3) is 0 Å². The molecule has 0 radical (unpaired) electrons. The summed E-state index contributed by atoms with van der Waals surface area (Å²) in [6.45, 7) is 0. The molecule has 1 heterocycles. The molecule has 1 aliphatic heterocycles. The van der Waals surface area contributed by atoms with Crippen molar-refractivity contribution in [2.24, 2.45) is 4.99 Å². The maximum absolute atomic E-state index is 12.6. The first kappa shape index (κ1) is 16.7. The predicted molar refractivity (Wildman–Crippen MR) is 99.8 cm³/mol. The van der Waals surface area contributed by atoms with E-state index in [1.54, 1.807) is 66.7 Å². The van der Waals surface area contributed by atoms with Crippen LogP contribution in [-0.2, 0) is 20.1 Å². The number of nitrogens with zero attached hydrogens (tertiary/aromatic N) is 1. The Balaban J connectivity index is 1.79. The second-order valence-electron chi connectivity index (χ2n) is 5.94. The lowest BCUT2D eigenvalue weighted by atomic mass is 10.0. The Labute approximate surface area is 155 Å². The van der Waals surface area contributed by atoms with Crippen molar-refractivity contribution in [3.63, 3.8) is 0 Å². The highest BCUT2D eigenvalue weighted by Crippen LogP contribution is 2.39. The first-order valence-electron chi connectivity index (χ1n) is 8.39. The van der Waals surface area contributed by atoms with Gasteiger partial charge in [-0.05, 0) is 36.4 Å². The molecular formula is C22H15NO4. The van der Waals surface area contributed by atoms with Gasteiger partial charge in [0.05, 0.1) is 16.8 Å². The van der Waals surface area contributed by atoms with E-state index in [-0.39, 0.29) is 5.90 Å². The third-order valence-corrected chi connectivity index (χ3v) is 4.18. The molecule has 3 aromatic carbocycles. The van der Waals surface area contributed by atoms with E-state index in [1.165, 1.54) is 0 Å².